The number of hydrogen-bond donors (Lipinski definition) is 1. The molecule has 1 unspecified atom stereocenters. The maximum atomic E-state index is 12.5. The van der Waals surface area contributed by atoms with E-state index >= 15 is 0 Å². The van der Waals surface area contributed by atoms with Crippen LogP contribution in [-0.4, -0.2) is 52.8 Å². The minimum Gasteiger partial charge on any atom is -0.480 e. The molecule has 18 heavy (non-hydrogen) atoms. The van der Waals surface area contributed by atoms with E-state index < -0.39 is 25.2 Å². The van der Waals surface area contributed by atoms with Crippen LogP contribution in [0.4, 0.5) is 13.2 Å². The van der Waals surface area contributed by atoms with Crippen LogP contribution in [-0.2, 0) is 4.79 Å². The summed E-state index contributed by atoms with van der Waals surface area (Å²) in [6.45, 7) is 2.29. The van der Waals surface area contributed by atoms with Crippen LogP contribution in [0.25, 0.3) is 0 Å². The molecule has 7 heteroatoms. The fraction of sp³-hybridized carbons (Fsp3) is 0.909. The maximum Gasteiger partial charge on any atom is 0.401 e. The first kappa shape index (κ1) is 15.6. The second-order valence-corrected chi connectivity index (χ2v) is 6.48. The molecule has 1 aliphatic heterocycles. The molecule has 0 amide bonds. The van der Waals surface area contributed by atoms with Gasteiger partial charge in [0.2, 0.25) is 0 Å². The Morgan fingerprint density at radius 1 is 1.50 bits per heavy atom. The second kappa shape index (κ2) is 5.69. The van der Waals surface area contributed by atoms with Crippen molar-refractivity contribution in [1.29, 1.82) is 0 Å². The fourth-order valence-corrected chi connectivity index (χ4v) is 3.57. The van der Waals surface area contributed by atoms with Gasteiger partial charge >= 0.3 is 12.1 Å². The Hall–Kier alpha value is -0.430. The van der Waals surface area contributed by atoms with Gasteiger partial charge in [0.05, 0.1) is 13.1 Å². The number of thioether (sulfide) groups is 1. The summed E-state index contributed by atoms with van der Waals surface area (Å²) in [5.41, 5.74) is -0.0457. The first-order chi connectivity index (χ1) is 8.09. The van der Waals surface area contributed by atoms with Crippen molar-refractivity contribution in [3.63, 3.8) is 0 Å². The van der Waals surface area contributed by atoms with Crippen molar-refractivity contribution in [2.24, 2.45) is 5.41 Å². The van der Waals surface area contributed by atoms with Crippen LogP contribution in [0.3, 0.4) is 0 Å². The third kappa shape index (κ3) is 5.48. The number of rotatable bonds is 4. The van der Waals surface area contributed by atoms with E-state index in [2.05, 4.69) is 0 Å². The Morgan fingerprint density at radius 3 is 2.56 bits per heavy atom. The minimum atomic E-state index is -4.36. The number of aliphatic carboxylic acids is 1. The van der Waals surface area contributed by atoms with Crippen molar-refractivity contribution in [1.82, 2.24) is 4.90 Å². The summed E-state index contributed by atoms with van der Waals surface area (Å²) >= 11 is 1.59. The minimum absolute atomic E-state index is 0.0457. The van der Waals surface area contributed by atoms with E-state index in [1.165, 1.54) is 0 Å². The monoisotopic (exact) mass is 285 g/mol. The quantitative estimate of drug-likeness (QED) is 0.861. The first-order valence-corrected chi connectivity index (χ1v) is 6.85. The summed E-state index contributed by atoms with van der Waals surface area (Å²) in [6, 6.07) is -0.323. The predicted octanol–water partition coefficient (Wildman–Crippen LogP) is 2.47. The Morgan fingerprint density at radius 2 is 2.11 bits per heavy atom. The summed E-state index contributed by atoms with van der Waals surface area (Å²) in [6.07, 6.45) is -3.76. The Bertz CT molecular complexity index is 307. The molecule has 0 radical (unpaired) electrons. The molecule has 0 aliphatic carbocycles. The summed E-state index contributed by atoms with van der Waals surface area (Å²) in [5.74, 6) is 0.246. The van der Waals surface area contributed by atoms with E-state index in [9.17, 15) is 18.0 Å². The first-order valence-electron chi connectivity index (χ1n) is 5.69. The van der Waals surface area contributed by atoms with Gasteiger partial charge in [-0.3, -0.25) is 9.69 Å². The second-order valence-electron chi connectivity index (χ2n) is 5.45. The lowest BCUT2D eigenvalue weighted by molar-refractivity contribution is -0.158. The molecule has 1 aliphatic rings. The maximum absolute atomic E-state index is 12.5. The van der Waals surface area contributed by atoms with Crippen LogP contribution in [0.15, 0.2) is 0 Å². The largest absolute Gasteiger partial charge is 0.480 e. The number of halogens is 3. The van der Waals surface area contributed by atoms with Gasteiger partial charge in [0.15, 0.2) is 0 Å². The number of nitrogens with zero attached hydrogens (tertiary/aromatic N) is 1. The smallest absolute Gasteiger partial charge is 0.401 e. The van der Waals surface area contributed by atoms with Crippen molar-refractivity contribution in [3.8, 4) is 0 Å². The average Bonchev–Trinajstić information content (AvgIpc) is 2.11. The lowest BCUT2D eigenvalue weighted by Crippen LogP contribution is -2.49. The number of carboxylic acid groups (broad SMARTS) is 1. The average molecular weight is 285 g/mol. The Balaban J connectivity index is 2.72. The number of carboxylic acids is 1. The number of carbonyl (C=O) groups is 1. The van der Waals surface area contributed by atoms with Gasteiger partial charge in [-0.15, -0.1) is 0 Å². The highest BCUT2D eigenvalue weighted by molar-refractivity contribution is 7.99. The summed E-state index contributed by atoms with van der Waals surface area (Å²) in [5, 5.41) is 8.73. The van der Waals surface area contributed by atoms with Gasteiger partial charge in [-0.05, 0) is 17.6 Å². The molecule has 1 N–H and O–H groups in total. The van der Waals surface area contributed by atoms with Crippen molar-refractivity contribution in [3.05, 3.63) is 0 Å². The third-order valence-corrected chi connectivity index (χ3v) is 4.43. The standard InChI is InChI=1S/C11H18F3NO2S/c1-10(2)3-8(5-18-7-10)15(4-9(16)17)6-11(12,13)14/h8H,3-7H2,1-2H3,(H,16,17). The molecule has 0 aromatic carbocycles. The fourth-order valence-electron chi connectivity index (χ4n) is 2.18. The number of alkyl halides is 3. The molecule has 1 fully saturated rings. The summed E-state index contributed by atoms with van der Waals surface area (Å²) in [4.78, 5) is 11.7. The van der Waals surface area contributed by atoms with Gasteiger partial charge in [0.1, 0.15) is 0 Å². The van der Waals surface area contributed by atoms with Gasteiger partial charge in [-0.1, -0.05) is 13.8 Å². The molecule has 0 saturated carbocycles. The molecule has 0 bridgehead atoms. The SMILES string of the molecule is CC1(C)CSCC(N(CC(=O)O)CC(F)(F)F)C1. The zero-order chi connectivity index (χ0) is 14.0. The van der Waals surface area contributed by atoms with Crippen molar-refractivity contribution in [2.75, 3.05) is 24.6 Å². The molecule has 0 aromatic rings. The van der Waals surface area contributed by atoms with Gasteiger partial charge < -0.3 is 5.11 Å². The Kier molecular flexibility index (Phi) is 4.94. The van der Waals surface area contributed by atoms with Gasteiger partial charge in [-0.2, -0.15) is 24.9 Å². The number of hydrogen-bond acceptors (Lipinski definition) is 3. The van der Waals surface area contributed by atoms with Crippen molar-refractivity contribution < 1.29 is 23.1 Å². The van der Waals surface area contributed by atoms with Gasteiger partial charge in [-0.25, -0.2) is 0 Å². The molecule has 1 rings (SSSR count). The molecule has 0 spiro atoms. The summed E-state index contributed by atoms with van der Waals surface area (Å²) < 4.78 is 37.4. The molecule has 0 aromatic heterocycles. The molecular formula is C11H18F3NO2S. The molecule has 1 atom stereocenters. The van der Waals surface area contributed by atoms with Gasteiger partial charge in [0, 0.05) is 11.8 Å². The molecule has 106 valence electrons. The van der Waals surface area contributed by atoms with E-state index in [1.54, 1.807) is 11.8 Å². The molecular weight excluding hydrogens is 267 g/mol. The van der Waals surface area contributed by atoms with Crippen LogP contribution in [0, 0.1) is 5.41 Å². The van der Waals surface area contributed by atoms with Gasteiger partial charge in [0.25, 0.3) is 0 Å². The zero-order valence-electron chi connectivity index (χ0n) is 10.5. The van der Waals surface area contributed by atoms with Crippen LogP contribution in [0.2, 0.25) is 0 Å². The van der Waals surface area contributed by atoms with E-state index in [1.807, 2.05) is 13.8 Å². The normalized spacial score (nSPS) is 24.2. The zero-order valence-corrected chi connectivity index (χ0v) is 11.3. The Labute approximate surface area is 109 Å². The van der Waals surface area contributed by atoms with Crippen molar-refractivity contribution in [2.45, 2.75) is 32.5 Å². The lowest BCUT2D eigenvalue weighted by Gasteiger charge is -2.40. The van der Waals surface area contributed by atoms with Crippen molar-refractivity contribution >= 4 is 17.7 Å². The van der Waals surface area contributed by atoms with E-state index in [0.29, 0.717) is 12.2 Å². The third-order valence-electron chi connectivity index (χ3n) is 2.83. The topological polar surface area (TPSA) is 40.5 Å². The predicted molar refractivity (Wildman–Crippen MR) is 64.8 cm³/mol. The molecule has 1 saturated heterocycles. The van der Waals surface area contributed by atoms with Crippen LogP contribution in [0.5, 0.6) is 0 Å². The molecule has 1 heterocycles. The van der Waals surface area contributed by atoms with Crippen LogP contribution < -0.4 is 0 Å². The van der Waals surface area contributed by atoms with E-state index in [-0.39, 0.29) is 11.5 Å². The summed E-state index contributed by atoms with van der Waals surface area (Å²) in [7, 11) is 0. The van der Waals surface area contributed by atoms with E-state index in [0.717, 1.165) is 10.7 Å². The highest BCUT2D eigenvalue weighted by Crippen LogP contribution is 2.36. The van der Waals surface area contributed by atoms with E-state index in [4.69, 9.17) is 5.11 Å². The van der Waals surface area contributed by atoms with Crippen LogP contribution in [0.1, 0.15) is 20.3 Å². The lowest BCUT2D eigenvalue weighted by atomic mass is 9.87. The highest BCUT2D eigenvalue weighted by Gasteiger charge is 2.38. The highest BCUT2D eigenvalue weighted by atomic mass is 32.2. The van der Waals surface area contributed by atoms with Crippen LogP contribution >= 0.6 is 11.8 Å². The molecule has 3 nitrogen and oxygen atoms in total.